The van der Waals surface area contributed by atoms with Gasteiger partial charge >= 0.3 is 17.1 Å². The molecule has 0 bridgehead atoms. The fourth-order valence-corrected chi connectivity index (χ4v) is 0. The molecule has 0 amide bonds. The Morgan fingerprint density at radius 2 is 0.400 bits per heavy atom. The number of halogens is 4. The zero-order chi connectivity index (χ0) is 0. The van der Waals surface area contributed by atoms with Crippen LogP contribution in [0.2, 0.25) is 0 Å². The third-order valence-corrected chi connectivity index (χ3v) is 0. The van der Waals surface area contributed by atoms with Crippen molar-refractivity contribution in [1.29, 1.82) is 0 Å². The fraction of sp³-hybridized carbons (Fsp3) is 0. The normalized spacial score (nSPS) is 0. The predicted octanol–water partition coefficient (Wildman–Crippen LogP) is -12.4. The molecule has 0 spiro atoms. The second-order valence-electron chi connectivity index (χ2n) is 0. The van der Waals surface area contributed by atoms with E-state index in [1.165, 1.54) is 0 Å². The molecule has 0 atom stereocenters. The molecule has 2 radical (unpaired) electrons. The van der Waals surface area contributed by atoms with Gasteiger partial charge in [0.1, 0.15) is 0 Å². The SMILES string of the molecule is [F-].[F-].[F-].[F-].[Se+4]. The maximum atomic E-state index is 0. The molecule has 0 aliphatic carbocycles. The monoisotopic (exact) mass is 156 g/mol. The van der Waals surface area contributed by atoms with Crippen LogP contribution in [-0.4, -0.2) is 17.1 Å². The quantitative estimate of drug-likeness (QED) is 0.240. The molecule has 0 rings (SSSR count). The van der Waals surface area contributed by atoms with Gasteiger partial charge in [-0.15, -0.1) is 0 Å². The molecule has 0 heterocycles. The molecule has 0 aromatic rings. The second kappa shape index (κ2) is 776. The van der Waals surface area contributed by atoms with E-state index in [2.05, 4.69) is 0 Å². The van der Waals surface area contributed by atoms with Gasteiger partial charge in [0, 0.05) is 0 Å². The summed E-state index contributed by atoms with van der Waals surface area (Å²) in [6, 6.07) is 0. The van der Waals surface area contributed by atoms with Crippen molar-refractivity contribution in [3.63, 3.8) is 0 Å². The first-order chi connectivity index (χ1) is 0. The average Bonchev–Trinajstić information content (AvgIpc) is 0. The van der Waals surface area contributed by atoms with Crippen LogP contribution in [0, 0.1) is 0 Å². The molecular weight excluding hydrogens is 155 g/mol. The Kier molecular flexibility index (Phi) is 255000. The Hall–Kier alpha value is 0.239. The first kappa shape index (κ1) is 1640. The van der Waals surface area contributed by atoms with Gasteiger partial charge in [0.15, 0.2) is 0 Å². The van der Waals surface area contributed by atoms with Crippen LogP contribution < -0.4 is 18.8 Å². The van der Waals surface area contributed by atoms with E-state index in [0.717, 1.165) is 0 Å². The van der Waals surface area contributed by atoms with Crippen molar-refractivity contribution in [2.24, 2.45) is 0 Å². The minimum Gasteiger partial charge on any atom is -1.00 e. The summed E-state index contributed by atoms with van der Waals surface area (Å²) in [5, 5.41) is 0. The largest absolute Gasteiger partial charge is 4.00 e. The Labute approximate surface area is 36.9 Å². The van der Waals surface area contributed by atoms with Gasteiger partial charge in [-0.05, 0) is 0 Å². The van der Waals surface area contributed by atoms with Crippen LogP contribution in [0.1, 0.15) is 0 Å². The summed E-state index contributed by atoms with van der Waals surface area (Å²) >= 11 is 0. The topological polar surface area (TPSA) is 0 Å². The summed E-state index contributed by atoms with van der Waals surface area (Å²) < 4.78 is 0. The molecular formula is F4Se. The zero-order valence-corrected chi connectivity index (χ0v) is 3.63. The molecule has 0 aromatic heterocycles. The molecule has 5 heteroatoms. The van der Waals surface area contributed by atoms with Crippen LogP contribution in [0.15, 0.2) is 0 Å². The number of hydrogen-bond donors (Lipinski definition) is 0. The van der Waals surface area contributed by atoms with Crippen molar-refractivity contribution in [1.82, 2.24) is 0 Å². The minimum atomic E-state index is 0. The van der Waals surface area contributed by atoms with Gasteiger partial charge in [-0.2, -0.15) is 0 Å². The number of rotatable bonds is 0. The van der Waals surface area contributed by atoms with E-state index in [1.54, 1.807) is 0 Å². The average molecular weight is 155 g/mol. The summed E-state index contributed by atoms with van der Waals surface area (Å²) in [4.78, 5) is 0. The number of hydrogen-bond acceptors (Lipinski definition) is 0. The molecule has 0 unspecified atom stereocenters. The predicted molar refractivity (Wildman–Crippen MR) is 5.75 cm³/mol. The van der Waals surface area contributed by atoms with E-state index in [-0.39, 0.29) is 35.9 Å². The van der Waals surface area contributed by atoms with Crippen LogP contribution in [0.3, 0.4) is 0 Å². The molecule has 0 fully saturated rings. The van der Waals surface area contributed by atoms with Crippen LogP contribution in [-0.2, 0) is 0 Å². The summed E-state index contributed by atoms with van der Waals surface area (Å²) in [6.07, 6.45) is 0. The van der Waals surface area contributed by atoms with Crippen molar-refractivity contribution in [2.45, 2.75) is 0 Å². The molecule has 0 aliphatic heterocycles. The Bertz CT molecular complexity index is 3.61. The van der Waals surface area contributed by atoms with Crippen LogP contribution >= 0.6 is 0 Å². The third kappa shape index (κ3) is 371. The summed E-state index contributed by atoms with van der Waals surface area (Å²) in [5.41, 5.74) is 0. The van der Waals surface area contributed by atoms with Crippen molar-refractivity contribution >= 4 is 17.1 Å². The van der Waals surface area contributed by atoms with E-state index in [1.807, 2.05) is 0 Å². The zero-order valence-electron chi connectivity index (χ0n) is 1.92. The van der Waals surface area contributed by atoms with E-state index in [0.29, 0.717) is 0 Å². The van der Waals surface area contributed by atoms with E-state index in [4.69, 9.17) is 0 Å². The van der Waals surface area contributed by atoms with E-state index >= 15 is 0 Å². The van der Waals surface area contributed by atoms with E-state index < -0.39 is 0 Å². The Morgan fingerprint density at radius 3 is 0.400 bits per heavy atom. The molecule has 0 aromatic carbocycles. The molecule has 0 nitrogen and oxygen atoms in total. The van der Waals surface area contributed by atoms with Gasteiger partial charge in [-0.3, -0.25) is 0 Å². The van der Waals surface area contributed by atoms with Gasteiger partial charge in [0.2, 0.25) is 0 Å². The van der Waals surface area contributed by atoms with Gasteiger partial charge in [0.25, 0.3) is 0 Å². The summed E-state index contributed by atoms with van der Waals surface area (Å²) in [5.74, 6) is 0. The molecule has 0 saturated heterocycles. The molecule has 5 heavy (non-hydrogen) atoms. The van der Waals surface area contributed by atoms with Crippen molar-refractivity contribution < 1.29 is 18.8 Å². The van der Waals surface area contributed by atoms with Gasteiger partial charge < -0.3 is 18.8 Å². The summed E-state index contributed by atoms with van der Waals surface area (Å²) in [6.45, 7) is 0. The Morgan fingerprint density at radius 1 is 0.400 bits per heavy atom. The standard InChI is InChI=1S/4FH.Se/h4*1H;/q;;;;+4/p-4. The molecule has 34 valence electrons. The first-order valence-corrected chi connectivity index (χ1v) is 0. The van der Waals surface area contributed by atoms with Crippen LogP contribution in [0.25, 0.3) is 0 Å². The maximum absolute atomic E-state index is 0. The minimum absolute atomic E-state index is 0. The van der Waals surface area contributed by atoms with Crippen molar-refractivity contribution in [3.8, 4) is 0 Å². The molecule has 0 aliphatic rings. The van der Waals surface area contributed by atoms with Gasteiger partial charge in [-0.25, -0.2) is 0 Å². The van der Waals surface area contributed by atoms with E-state index in [9.17, 15) is 0 Å². The molecule has 0 saturated carbocycles. The maximum Gasteiger partial charge on any atom is 4.00 e. The first-order valence-electron chi connectivity index (χ1n) is 0. The molecule has 0 N–H and O–H groups in total. The van der Waals surface area contributed by atoms with Gasteiger partial charge in [-0.1, -0.05) is 0 Å². The van der Waals surface area contributed by atoms with Crippen LogP contribution in [0.5, 0.6) is 0 Å². The van der Waals surface area contributed by atoms with Crippen molar-refractivity contribution in [3.05, 3.63) is 0 Å². The fourth-order valence-electron chi connectivity index (χ4n) is 0. The van der Waals surface area contributed by atoms with Crippen molar-refractivity contribution in [2.75, 3.05) is 0 Å². The smallest absolute Gasteiger partial charge is 1.00 e. The third-order valence-electron chi connectivity index (χ3n) is 0. The van der Waals surface area contributed by atoms with Crippen LogP contribution in [0.4, 0.5) is 0 Å². The van der Waals surface area contributed by atoms with Gasteiger partial charge in [0.05, 0.1) is 0 Å². The second-order valence-corrected chi connectivity index (χ2v) is 0. The Balaban J connectivity index is 0. The summed E-state index contributed by atoms with van der Waals surface area (Å²) in [7, 11) is 0.